The molecule has 1 heterocycles. The molecule has 0 saturated carbocycles. The SMILES string of the molecule is CCOC(=O)c1cnc(I)nc1C(=O)OCC. The third-order valence-electron chi connectivity index (χ3n) is 1.72. The number of esters is 2. The monoisotopic (exact) mass is 350 g/mol. The second-order valence-corrected chi connectivity index (χ2v) is 3.81. The van der Waals surface area contributed by atoms with E-state index in [-0.39, 0.29) is 24.5 Å². The van der Waals surface area contributed by atoms with Gasteiger partial charge < -0.3 is 9.47 Å². The van der Waals surface area contributed by atoms with Crippen LogP contribution in [-0.2, 0) is 9.47 Å². The molecule has 17 heavy (non-hydrogen) atoms. The van der Waals surface area contributed by atoms with Gasteiger partial charge in [0.25, 0.3) is 0 Å². The van der Waals surface area contributed by atoms with E-state index in [1.54, 1.807) is 13.8 Å². The molecule has 0 aliphatic heterocycles. The van der Waals surface area contributed by atoms with Crippen molar-refractivity contribution in [1.29, 1.82) is 0 Å². The number of hydrogen-bond donors (Lipinski definition) is 0. The molecule has 92 valence electrons. The van der Waals surface area contributed by atoms with Crippen molar-refractivity contribution in [3.63, 3.8) is 0 Å². The van der Waals surface area contributed by atoms with E-state index >= 15 is 0 Å². The van der Waals surface area contributed by atoms with Crippen molar-refractivity contribution in [2.24, 2.45) is 0 Å². The van der Waals surface area contributed by atoms with Gasteiger partial charge in [0.1, 0.15) is 5.56 Å². The lowest BCUT2D eigenvalue weighted by atomic mass is 10.2. The van der Waals surface area contributed by atoms with Crippen LogP contribution in [0.3, 0.4) is 0 Å². The number of aromatic nitrogens is 2. The van der Waals surface area contributed by atoms with Crippen LogP contribution in [-0.4, -0.2) is 35.1 Å². The zero-order valence-corrected chi connectivity index (χ0v) is 11.6. The summed E-state index contributed by atoms with van der Waals surface area (Å²) < 4.78 is 9.98. The Hall–Kier alpha value is -1.25. The molecule has 0 saturated heterocycles. The Morgan fingerprint density at radius 3 is 2.41 bits per heavy atom. The van der Waals surface area contributed by atoms with Crippen LogP contribution in [0.1, 0.15) is 34.7 Å². The summed E-state index contributed by atoms with van der Waals surface area (Å²) in [5.41, 5.74) is -0.0459. The lowest BCUT2D eigenvalue weighted by Gasteiger charge is -2.06. The molecule has 0 unspecified atom stereocenters. The van der Waals surface area contributed by atoms with E-state index in [9.17, 15) is 9.59 Å². The smallest absolute Gasteiger partial charge is 0.357 e. The minimum Gasteiger partial charge on any atom is -0.462 e. The fraction of sp³-hybridized carbons (Fsp3) is 0.400. The maximum atomic E-state index is 11.6. The van der Waals surface area contributed by atoms with Gasteiger partial charge in [-0.3, -0.25) is 0 Å². The Bertz CT molecular complexity index is 436. The van der Waals surface area contributed by atoms with Gasteiger partial charge in [-0.05, 0) is 13.8 Å². The van der Waals surface area contributed by atoms with Gasteiger partial charge in [-0.1, -0.05) is 0 Å². The van der Waals surface area contributed by atoms with Crippen molar-refractivity contribution in [1.82, 2.24) is 9.97 Å². The quantitative estimate of drug-likeness (QED) is 0.465. The van der Waals surface area contributed by atoms with E-state index in [0.29, 0.717) is 3.83 Å². The first-order valence-electron chi connectivity index (χ1n) is 4.96. The summed E-state index contributed by atoms with van der Waals surface area (Å²) in [6, 6.07) is 0. The molecule has 0 aliphatic carbocycles. The van der Waals surface area contributed by atoms with Crippen LogP contribution in [0, 0.1) is 3.83 Å². The summed E-state index contributed by atoms with van der Waals surface area (Å²) >= 11 is 1.85. The normalized spacial score (nSPS) is 9.82. The molecule has 0 atom stereocenters. The Morgan fingerprint density at radius 1 is 1.24 bits per heavy atom. The molecule has 1 aromatic rings. The molecule has 7 heteroatoms. The van der Waals surface area contributed by atoms with Crippen LogP contribution >= 0.6 is 22.6 Å². The molecule has 1 aromatic heterocycles. The molecule has 0 spiro atoms. The average Bonchev–Trinajstić information content (AvgIpc) is 2.29. The fourth-order valence-corrected chi connectivity index (χ4v) is 1.45. The van der Waals surface area contributed by atoms with Gasteiger partial charge in [-0.2, -0.15) is 0 Å². The molecule has 0 bridgehead atoms. The number of rotatable bonds is 4. The molecule has 1 rings (SSSR count). The number of ether oxygens (including phenoxy) is 2. The van der Waals surface area contributed by atoms with E-state index < -0.39 is 11.9 Å². The fourth-order valence-electron chi connectivity index (χ4n) is 1.07. The van der Waals surface area contributed by atoms with Gasteiger partial charge in [-0.15, -0.1) is 0 Å². The molecule has 0 aromatic carbocycles. The second kappa shape index (κ2) is 6.48. The van der Waals surface area contributed by atoms with Crippen molar-refractivity contribution in [2.45, 2.75) is 13.8 Å². The van der Waals surface area contributed by atoms with E-state index in [4.69, 9.17) is 9.47 Å². The number of nitrogens with zero attached hydrogens (tertiary/aromatic N) is 2. The summed E-state index contributed by atoms with van der Waals surface area (Å²) in [7, 11) is 0. The van der Waals surface area contributed by atoms with E-state index in [1.165, 1.54) is 6.20 Å². The highest BCUT2D eigenvalue weighted by molar-refractivity contribution is 14.1. The Labute approximate surface area is 112 Å². The van der Waals surface area contributed by atoms with Crippen molar-refractivity contribution >= 4 is 34.5 Å². The maximum Gasteiger partial charge on any atom is 0.357 e. The van der Waals surface area contributed by atoms with Gasteiger partial charge in [0, 0.05) is 28.8 Å². The topological polar surface area (TPSA) is 78.4 Å². The van der Waals surface area contributed by atoms with E-state index in [0.717, 1.165) is 0 Å². The maximum absolute atomic E-state index is 11.6. The highest BCUT2D eigenvalue weighted by Crippen LogP contribution is 2.10. The molecule has 6 nitrogen and oxygen atoms in total. The van der Waals surface area contributed by atoms with Crippen LogP contribution < -0.4 is 0 Å². The second-order valence-electron chi connectivity index (χ2n) is 2.84. The van der Waals surface area contributed by atoms with Crippen LogP contribution in [0.5, 0.6) is 0 Å². The lowest BCUT2D eigenvalue weighted by Crippen LogP contribution is -2.17. The summed E-state index contributed by atoms with van der Waals surface area (Å²) in [6.07, 6.45) is 1.26. The molecular weight excluding hydrogens is 339 g/mol. The molecule has 0 N–H and O–H groups in total. The predicted molar refractivity (Wildman–Crippen MR) is 66.7 cm³/mol. The third-order valence-corrected chi connectivity index (χ3v) is 2.24. The Morgan fingerprint density at radius 2 is 1.82 bits per heavy atom. The van der Waals surface area contributed by atoms with Crippen LogP contribution in [0.15, 0.2) is 6.20 Å². The number of carbonyl (C=O) groups excluding carboxylic acids is 2. The van der Waals surface area contributed by atoms with Crippen LogP contribution in [0.2, 0.25) is 0 Å². The summed E-state index contributed by atoms with van der Waals surface area (Å²) in [4.78, 5) is 30.9. The van der Waals surface area contributed by atoms with Crippen molar-refractivity contribution in [3.8, 4) is 0 Å². The first-order valence-corrected chi connectivity index (χ1v) is 6.04. The first kappa shape index (κ1) is 13.8. The number of hydrogen-bond acceptors (Lipinski definition) is 6. The number of carbonyl (C=O) groups is 2. The Balaban J connectivity index is 3.11. The van der Waals surface area contributed by atoms with Crippen molar-refractivity contribution in [3.05, 3.63) is 21.3 Å². The molecule has 0 amide bonds. The summed E-state index contributed by atoms with van der Waals surface area (Å²) in [5, 5.41) is 0. The summed E-state index contributed by atoms with van der Waals surface area (Å²) in [6.45, 7) is 3.78. The predicted octanol–water partition coefficient (Wildman–Crippen LogP) is 1.43. The highest BCUT2D eigenvalue weighted by atomic mass is 127. The average molecular weight is 350 g/mol. The van der Waals surface area contributed by atoms with Gasteiger partial charge in [-0.25, -0.2) is 19.6 Å². The van der Waals surface area contributed by atoms with Gasteiger partial charge >= 0.3 is 11.9 Å². The first-order chi connectivity index (χ1) is 8.10. The lowest BCUT2D eigenvalue weighted by molar-refractivity contribution is 0.0472. The minimum atomic E-state index is -0.657. The molecule has 0 aliphatic rings. The van der Waals surface area contributed by atoms with E-state index in [2.05, 4.69) is 9.97 Å². The number of halogens is 1. The minimum absolute atomic E-state index is 0.0192. The van der Waals surface area contributed by atoms with Crippen molar-refractivity contribution < 1.29 is 19.1 Å². The largest absolute Gasteiger partial charge is 0.462 e. The molecule has 0 fully saturated rings. The van der Waals surface area contributed by atoms with Crippen LogP contribution in [0.25, 0.3) is 0 Å². The standard InChI is InChI=1S/C10H11IN2O4/c1-3-16-8(14)6-5-12-10(11)13-7(6)9(15)17-4-2/h5H,3-4H2,1-2H3. The Kier molecular flexibility index (Phi) is 5.26. The van der Waals surface area contributed by atoms with Gasteiger partial charge in [0.15, 0.2) is 9.53 Å². The third kappa shape index (κ3) is 3.62. The van der Waals surface area contributed by atoms with Crippen LogP contribution in [0.4, 0.5) is 0 Å². The van der Waals surface area contributed by atoms with Gasteiger partial charge in [0.05, 0.1) is 13.2 Å². The van der Waals surface area contributed by atoms with E-state index in [1.807, 2.05) is 22.6 Å². The zero-order chi connectivity index (χ0) is 12.8. The molecule has 0 radical (unpaired) electrons. The highest BCUT2D eigenvalue weighted by Gasteiger charge is 2.21. The summed E-state index contributed by atoms with van der Waals surface area (Å²) in [5.74, 6) is -1.29. The van der Waals surface area contributed by atoms with Gasteiger partial charge in [0.2, 0.25) is 0 Å². The zero-order valence-electron chi connectivity index (χ0n) is 9.40. The van der Waals surface area contributed by atoms with Crippen molar-refractivity contribution in [2.75, 3.05) is 13.2 Å². The molecular formula is C10H11IN2O4.